The highest BCUT2D eigenvalue weighted by Gasteiger charge is 2.42. The van der Waals surface area contributed by atoms with E-state index in [0.717, 1.165) is 6.42 Å². The number of nitro groups is 1. The molecule has 1 unspecified atom stereocenters. The molecule has 1 fully saturated rings. The van der Waals surface area contributed by atoms with Gasteiger partial charge in [-0.25, -0.2) is 0 Å². The van der Waals surface area contributed by atoms with Crippen molar-refractivity contribution in [1.29, 1.82) is 5.26 Å². The predicted molar refractivity (Wildman–Crippen MR) is 115 cm³/mol. The molecule has 0 spiro atoms. The number of hydrogen-bond acceptors (Lipinski definition) is 6. The summed E-state index contributed by atoms with van der Waals surface area (Å²) in [6, 6.07) is 13.2. The number of nitro benzene ring substituents is 1. The summed E-state index contributed by atoms with van der Waals surface area (Å²) < 4.78 is 11.2. The maximum Gasteiger partial charge on any atom is 0.269 e. The number of anilines is 1. The Bertz CT molecular complexity index is 991. The van der Waals surface area contributed by atoms with Gasteiger partial charge in [0.15, 0.2) is 0 Å². The normalized spacial score (nSPS) is 16.0. The first-order valence-electron chi connectivity index (χ1n) is 10.2. The fraction of sp³-hybridized carbons (Fsp3) is 0.391. The van der Waals surface area contributed by atoms with E-state index in [0.29, 0.717) is 48.6 Å². The Morgan fingerprint density at radius 1 is 1.29 bits per heavy atom. The zero-order chi connectivity index (χ0) is 22.4. The molecule has 1 amide bonds. The van der Waals surface area contributed by atoms with Gasteiger partial charge in [-0.05, 0) is 43.9 Å². The summed E-state index contributed by atoms with van der Waals surface area (Å²) in [5.41, 5.74) is 0.465. The molecular weight excluding hydrogens is 398 g/mol. The van der Waals surface area contributed by atoms with Crippen LogP contribution in [0.5, 0.6) is 5.75 Å². The molecule has 2 aromatic rings. The highest BCUT2D eigenvalue weighted by molar-refractivity contribution is 6.00. The van der Waals surface area contributed by atoms with E-state index in [-0.39, 0.29) is 17.7 Å². The van der Waals surface area contributed by atoms with Crippen LogP contribution in [0.4, 0.5) is 11.4 Å². The third-order valence-electron chi connectivity index (χ3n) is 5.68. The lowest BCUT2D eigenvalue weighted by atomic mass is 9.73. The number of nitrogens with zero attached hydrogens (tertiary/aromatic N) is 2. The molecule has 162 valence electrons. The number of ether oxygens (including phenoxy) is 2. The molecule has 1 saturated heterocycles. The number of nitrogens with one attached hydrogen (secondary N) is 1. The van der Waals surface area contributed by atoms with Gasteiger partial charge >= 0.3 is 0 Å². The molecule has 2 aromatic carbocycles. The van der Waals surface area contributed by atoms with Crippen molar-refractivity contribution in [3.05, 3.63) is 63.7 Å². The van der Waals surface area contributed by atoms with Crippen molar-refractivity contribution < 1.29 is 19.2 Å². The highest BCUT2D eigenvalue weighted by Crippen LogP contribution is 2.37. The average Bonchev–Trinajstić information content (AvgIpc) is 2.80. The van der Waals surface area contributed by atoms with Crippen molar-refractivity contribution in [2.24, 2.45) is 0 Å². The second-order valence-corrected chi connectivity index (χ2v) is 7.61. The number of benzene rings is 2. The van der Waals surface area contributed by atoms with Gasteiger partial charge in [0.25, 0.3) is 5.69 Å². The summed E-state index contributed by atoms with van der Waals surface area (Å²) in [5, 5.41) is 23.5. The molecule has 1 heterocycles. The van der Waals surface area contributed by atoms with Gasteiger partial charge < -0.3 is 14.8 Å². The van der Waals surface area contributed by atoms with Gasteiger partial charge in [0, 0.05) is 31.4 Å². The molecular formula is C23H25N3O5. The SMILES string of the molecule is CCC(C)Oc1ccc(NC(=O)C2(c3ccc([N+](=O)[O-])cc3)CCOCC2)c(C#N)c1. The average molecular weight is 423 g/mol. The molecule has 0 bridgehead atoms. The molecule has 8 nitrogen and oxygen atoms in total. The number of non-ortho nitro benzene ring substituents is 1. The first-order chi connectivity index (χ1) is 14.9. The van der Waals surface area contributed by atoms with Crippen molar-refractivity contribution in [2.75, 3.05) is 18.5 Å². The van der Waals surface area contributed by atoms with E-state index < -0.39 is 10.3 Å². The van der Waals surface area contributed by atoms with E-state index in [4.69, 9.17) is 9.47 Å². The van der Waals surface area contributed by atoms with E-state index in [1.54, 1.807) is 30.3 Å². The molecule has 0 aliphatic carbocycles. The van der Waals surface area contributed by atoms with Crippen molar-refractivity contribution in [2.45, 2.75) is 44.6 Å². The van der Waals surface area contributed by atoms with E-state index in [1.165, 1.54) is 12.1 Å². The first-order valence-corrected chi connectivity index (χ1v) is 10.2. The fourth-order valence-electron chi connectivity index (χ4n) is 3.62. The number of nitriles is 1. The van der Waals surface area contributed by atoms with Crippen LogP contribution in [0, 0.1) is 21.4 Å². The molecule has 1 aliphatic rings. The maximum absolute atomic E-state index is 13.4. The predicted octanol–water partition coefficient (Wildman–Crippen LogP) is 4.33. The van der Waals surface area contributed by atoms with Gasteiger partial charge in [-0.2, -0.15) is 5.26 Å². The van der Waals surface area contributed by atoms with Crippen LogP contribution in [0.2, 0.25) is 0 Å². The Hall–Kier alpha value is -3.44. The van der Waals surface area contributed by atoms with Crippen LogP contribution in [0.25, 0.3) is 0 Å². The number of hydrogen-bond donors (Lipinski definition) is 1. The van der Waals surface area contributed by atoms with Crippen molar-refractivity contribution in [3.8, 4) is 11.8 Å². The van der Waals surface area contributed by atoms with Crippen LogP contribution in [-0.2, 0) is 14.9 Å². The van der Waals surface area contributed by atoms with Gasteiger partial charge in [0.1, 0.15) is 11.8 Å². The Balaban J connectivity index is 1.89. The monoisotopic (exact) mass is 423 g/mol. The lowest BCUT2D eigenvalue weighted by molar-refractivity contribution is -0.384. The molecule has 1 N–H and O–H groups in total. The Morgan fingerprint density at radius 3 is 2.55 bits per heavy atom. The zero-order valence-electron chi connectivity index (χ0n) is 17.6. The molecule has 1 atom stereocenters. The third kappa shape index (κ3) is 4.84. The zero-order valence-corrected chi connectivity index (χ0v) is 17.6. The van der Waals surface area contributed by atoms with Crippen molar-refractivity contribution in [3.63, 3.8) is 0 Å². The van der Waals surface area contributed by atoms with Gasteiger partial charge in [0.05, 0.1) is 27.7 Å². The molecule has 31 heavy (non-hydrogen) atoms. The van der Waals surface area contributed by atoms with Crippen LogP contribution in [0.3, 0.4) is 0 Å². The summed E-state index contributed by atoms with van der Waals surface area (Å²) in [7, 11) is 0. The maximum atomic E-state index is 13.4. The summed E-state index contributed by atoms with van der Waals surface area (Å²) in [5.74, 6) is 0.303. The highest BCUT2D eigenvalue weighted by atomic mass is 16.6. The molecule has 0 radical (unpaired) electrons. The van der Waals surface area contributed by atoms with Gasteiger partial charge in [0.2, 0.25) is 5.91 Å². The smallest absolute Gasteiger partial charge is 0.269 e. The molecule has 3 rings (SSSR count). The number of rotatable bonds is 7. The minimum absolute atomic E-state index is 0.0135. The minimum Gasteiger partial charge on any atom is -0.491 e. The van der Waals surface area contributed by atoms with Crippen molar-refractivity contribution >= 4 is 17.3 Å². The number of carbonyl (C=O) groups is 1. The van der Waals surface area contributed by atoms with Crippen LogP contribution in [-0.4, -0.2) is 30.1 Å². The van der Waals surface area contributed by atoms with Gasteiger partial charge in [-0.1, -0.05) is 19.1 Å². The van der Waals surface area contributed by atoms with Crippen LogP contribution in [0.1, 0.15) is 44.2 Å². The van der Waals surface area contributed by atoms with Gasteiger partial charge in [-0.15, -0.1) is 0 Å². The topological polar surface area (TPSA) is 114 Å². The fourth-order valence-corrected chi connectivity index (χ4v) is 3.62. The second-order valence-electron chi connectivity index (χ2n) is 7.61. The summed E-state index contributed by atoms with van der Waals surface area (Å²) >= 11 is 0. The van der Waals surface area contributed by atoms with Crippen molar-refractivity contribution in [1.82, 2.24) is 0 Å². The van der Waals surface area contributed by atoms with Crippen LogP contribution in [0.15, 0.2) is 42.5 Å². The number of amides is 1. The minimum atomic E-state index is -0.897. The lowest BCUT2D eigenvalue weighted by Gasteiger charge is -2.36. The quantitative estimate of drug-likeness (QED) is 0.524. The second kappa shape index (κ2) is 9.58. The Morgan fingerprint density at radius 2 is 1.97 bits per heavy atom. The molecule has 0 aromatic heterocycles. The molecule has 0 saturated carbocycles. The lowest BCUT2D eigenvalue weighted by Crippen LogP contribution is -2.45. The van der Waals surface area contributed by atoms with E-state index in [1.807, 2.05) is 13.8 Å². The third-order valence-corrected chi connectivity index (χ3v) is 5.68. The Labute approximate surface area is 180 Å². The van der Waals surface area contributed by atoms with E-state index >= 15 is 0 Å². The summed E-state index contributed by atoms with van der Waals surface area (Å²) in [6.07, 6.45) is 1.72. The molecule has 1 aliphatic heterocycles. The summed E-state index contributed by atoms with van der Waals surface area (Å²) in [6.45, 7) is 4.76. The Kier molecular flexibility index (Phi) is 6.88. The largest absolute Gasteiger partial charge is 0.491 e. The van der Waals surface area contributed by atoms with Crippen LogP contribution >= 0.6 is 0 Å². The standard InChI is InChI=1S/C23H25N3O5/c1-3-16(2)31-20-8-9-21(17(14-20)15-24)25-22(27)23(10-12-30-13-11-23)18-4-6-19(7-5-18)26(28)29/h4-9,14,16H,3,10-13H2,1-2H3,(H,25,27). The number of carbonyl (C=O) groups excluding carboxylic acids is 1. The van der Waals surface area contributed by atoms with E-state index in [2.05, 4.69) is 11.4 Å². The van der Waals surface area contributed by atoms with Crippen LogP contribution < -0.4 is 10.1 Å². The van der Waals surface area contributed by atoms with Gasteiger partial charge in [-0.3, -0.25) is 14.9 Å². The first kappa shape index (κ1) is 22.2. The molecule has 8 heteroatoms. The van der Waals surface area contributed by atoms with E-state index in [9.17, 15) is 20.2 Å². The summed E-state index contributed by atoms with van der Waals surface area (Å²) in [4.78, 5) is 24.0.